The van der Waals surface area contributed by atoms with E-state index in [1.54, 1.807) is 13.1 Å². The minimum Gasteiger partial charge on any atom is -0.808 e. The summed E-state index contributed by atoms with van der Waals surface area (Å²) in [4.78, 5) is 4.17. The number of allylic oxidation sites excluding steroid dienone is 2. The van der Waals surface area contributed by atoms with Crippen molar-refractivity contribution in [2.75, 3.05) is 0 Å². The number of rotatable bonds is 2. The molecule has 0 fully saturated rings. The third-order valence-electron chi connectivity index (χ3n) is 3.19. The Balaban J connectivity index is 0.000000366. The first-order valence-electron chi connectivity index (χ1n) is 7.51. The summed E-state index contributed by atoms with van der Waals surface area (Å²) in [6.45, 7) is 3.15. The number of halogens is 2. The van der Waals surface area contributed by atoms with Crippen molar-refractivity contribution < 1.29 is 28.9 Å². The maximum absolute atomic E-state index is 13.8. The van der Waals surface area contributed by atoms with Gasteiger partial charge in [0.2, 0.25) is 0 Å². The van der Waals surface area contributed by atoms with Crippen molar-refractivity contribution in [2.24, 2.45) is 0 Å². The molecule has 2 aromatic carbocycles. The van der Waals surface area contributed by atoms with Crippen LogP contribution in [0.4, 0.5) is 8.78 Å². The van der Waals surface area contributed by atoms with Crippen molar-refractivity contribution in [1.82, 2.24) is 4.98 Å². The molecule has 0 saturated carbocycles. The van der Waals surface area contributed by atoms with E-state index in [9.17, 15) is 8.78 Å². The normalized spacial score (nSPS) is 10.5. The molecule has 0 aliphatic rings. The van der Waals surface area contributed by atoms with E-state index in [2.05, 4.69) is 11.1 Å². The zero-order valence-electron chi connectivity index (χ0n) is 14.2. The third-order valence-corrected chi connectivity index (χ3v) is 3.19. The van der Waals surface area contributed by atoms with Crippen LogP contribution in [0.15, 0.2) is 60.4 Å². The molecular formula is C20H16F2IrN3. The van der Waals surface area contributed by atoms with Crippen LogP contribution in [-0.4, -0.2) is 10.7 Å². The quantitative estimate of drug-likeness (QED) is 0.300. The van der Waals surface area contributed by atoms with E-state index in [1.165, 1.54) is 13.0 Å². The molecule has 0 amide bonds. The number of hydrogen-bond donors (Lipinski definition) is 0. The van der Waals surface area contributed by atoms with Gasteiger partial charge in [0.25, 0.3) is 0 Å². The minimum absolute atomic E-state index is 0. The van der Waals surface area contributed by atoms with Gasteiger partial charge in [-0.25, -0.2) is 0 Å². The van der Waals surface area contributed by atoms with Gasteiger partial charge in [-0.05, 0) is 22.5 Å². The number of pyridine rings is 1. The van der Waals surface area contributed by atoms with Crippen LogP contribution < -0.4 is 0 Å². The summed E-state index contributed by atoms with van der Waals surface area (Å²) in [5.74, 6) is -1.30. The zero-order chi connectivity index (χ0) is 18.4. The van der Waals surface area contributed by atoms with Gasteiger partial charge < -0.3 is 16.1 Å². The number of fused-ring (bicyclic) bond motifs is 1. The first-order valence-corrected chi connectivity index (χ1v) is 7.51. The fourth-order valence-electron chi connectivity index (χ4n) is 2.26. The molecule has 0 bridgehead atoms. The molecule has 0 unspecified atom stereocenters. The summed E-state index contributed by atoms with van der Waals surface area (Å²) in [5, 5.41) is 10.2. The van der Waals surface area contributed by atoms with Gasteiger partial charge in [0.15, 0.2) is 0 Å². The van der Waals surface area contributed by atoms with Crippen molar-refractivity contribution in [3.05, 3.63) is 89.3 Å². The number of nitrogens with zero attached hydrogens (tertiary/aromatic N) is 2. The Morgan fingerprint density at radius 2 is 1.88 bits per heavy atom. The zero-order valence-corrected chi connectivity index (χ0v) is 16.6. The smallest absolute Gasteiger partial charge is 0.808 e. The summed E-state index contributed by atoms with van der Waals surface area (Å²) in [6.07, 6.45) is 2.99. The molecular weight excluding hydrogens is 512 g/mol. The maximum Gasteiger partial charge on any atom is 3.00 e. The average Bonchev–Trinajstić information content (AvgIpc) is 2.54. The predicted octanol–water partition coefficient (Wildman–Crippen LogP) is 5.95. The topological polar surface area (TPSA) is 59.0 Å². The minimum atomic E-state index is -0.654. The largest absolute Gasteiger partial charge is 3.00 e. The van der Waals surface area contributed by atoms with E-state index in [0.29, 0.717) is 11.4 Å². The molecule has 0 saturated heterocycles. The first-order chi connectivity index (χ1) is 11.9. The Labute approximate surface area is 164 Å². The Morgan fingerprint density at radius 1 is 1.19 bits per heavy atom. The molecule has 1 aromatic heterocycles. The van der Waals surface area contributed by atoms with Crippen LogP contribution in [0.1, 0.15) is 13.8 Å². The van der Waals surface area contributed by atoms with Gasteiger partial charge in [0.1, 0.15) is 0 Å². The summed E-state index contributed by atoms with van der Waals surface area (Å²) in [6, 6.07) is 13.9. The monoisotopic (exact) mass is 529 g/mol. The molecule has 26 heavy (non-hydrogen) atoms. The molecule has 6 heteroatoms. The average molecular weight is 529 g/mol. The molecule has 0 aliphatic heterocycles. The number of hydrogen-bond acceptors (Lipinski definition) is 1. The molecule has 1 heterocycles. The van der Waals surface area contributed by atoms with Crippen LogP contribution in [0.25, 0.3) is 33.2 Å². The standard InChI is InChI=1S/C15H8F2N.C5H8N2.Ir/c16-11-5-6-13(14(17)9-11)15-12-4-2-1-3-10(12)7-8-18-15;1-4(6)3-5(2)7;/h1-5,7-9H;3,6H,1-2H3;/q-1;-2;+3. The number of benzene rings is 2. The molecule has 0 aliphatic carbocycles. The van der Waals surface area contributed by atoms with Gasteiger partial charge in [0, 0.05) is 17.8 Å². The van der Waals surface area contributed by atoms with Gasteiger partial charge in [-0.1, -0.05) is 49.7 Å². The van der Waals surface area contributed by atoms with Gasteiger partial charge in [0.05, 0.1) is 0 Å². The Hall–Kier alpha value is -2.43. The summed E-state index contributed by atoms with van der Waals surface area (Å²) < 4.78 is 26.6. The Morgan fingerprint density at radius 3 is 2.46 bits per heavy atom. The van der Waals surface area contributed by atoms with Gasteiger partial charge in [-0.15, -0.1) is 18.2 Å². The predicted molar refractivity (Wildman–Crippen MR) is 98.0 cm³/mol. The Kier molecular flexibility index (Phi) is 8.23. The van der Waals surface area contributed by atoms with Gasteiger partial charge in [-0.2, -0.15) is 11.4 Å². The van der Waals surface area contributed by atoms with E-state index in [0.717, 1.165) is 22.9 Å². The SMILES string of the molecule is CC(=[N-])C=C(C)[NH-].Fc1c[c-]c(-c2nccc3ccccc23)c(F)c1.[Ir+3]. The third kappa shape index (κ3) is 5.83. The second-order valence-corrected chi connectivity index (χ2v) is 5.39. The second kappa shape index (κ2) is 9.90. The first kappa shape index (κ1) is 21.6. The van der Waals surface area contributed by atoms with Crippen LogP contribution in [-0.2, 0) is 20.1 Å². The van der Waals surface area contributed by atoms with Crippen LogP contribution in [0.5, 0.6) is 0 Å². The second-order valence-electron chi connectivity index (χ2n) is 5.39. The van der Waals surface area contributed by atoms with Crippen molar-refractivity contribution >= 4 is 16.5 Å². The fraction of sp³-hybridized carbons (Fsp3) is 0.100. The molecule has 3 nitrogen and oxygen atoms in total. The molecule has 1 N–H and O–H groups in total. The van der Waals surface area contributed by atoms with E-state index in [1.807, 2.05) is 30.3 Å². The van der Waals surface area contributed by atoms with E-state index >= 15 is 0 Å². The van der Waals surface area contributed by atoms with Crippen LogP contribution in [0, 0.1) is 17.7 Å². The van der Waals surface area contributed by atoms with Crippen molar-refractivity contribution in [3.8, 4) is 11.3 Å². The fourth-order valence-corrected chi connectivity index (χ4v) is 2.26. The molecule has 3 aromatic rings. The van der Waals surface area contributed by atoms with E-state index in [4.69, 9.17) is 11.1 Å². The van der Waals surface area contributed by atoms with Gasteiger partial charge in [-0.3, -0.25) is 8.78 Å². The molecule has 0 atom stereocenters. The van der Waals surface area contributed by atoms with Crippen LogP contribution in [0.2, 0.25) is 0 Å². The summed E-state index contributed by atoms with van der Waals surface area (Å²) in [7, 11) is 0. The number of aromatic nitrogens is 1. The molecule has 0 radical (unpaired) electrons. The Bertz CT molecular complexity index is 930. The summed E-state index contributed by atoms with van der Waals surface area (Å²) >= 11 is 0. The molecule has 134 valence electrons. The summed E-state index contributed by atoms with van der Waals surface area (Å²) in [5.41, 5.74) is 8.02. The van der Waals surface area contributed by atoms with E-state index in [-0.39, 0.29) is 31.4 Å². The van der Waals surface area contributed by atoms with Crippen molar-refractivity contribution in [1.29, 1.82) is 0 Å². The van der Waals surface area contributed by atoms with Gasteiger partial charge >= 0.3 is 20.1 Å². The van der Waals surface area contributed by atoms with Crippen molar-refractivity contribution in [3.63, 3.8) is 0 Å². The maximum atomic E-state index is 13.8. The number of nitrogens with one attached hydrogen (secondary N) is 1. The van der Waals surface area contributed by atoms with Crippen LogP contribution >= 0.6 is 0 Å². The van der Waals surface area contributed by atoms with E-state index < -0.39 is 11.6 Å². The van der Waals surface area contributed by atoms with Crippen molar-refractivity contribution in [2.45, 2.75) is 13.8 Å². The van der Waals surface area contributed by atoms with Crippen LogP contribution in [0.3, 0.4) is 0 Å². The molecule has 3 rings (SSSR count). The molecule has 0 spiro atoms.